The van der Waals surface area contributed by atoms with Crippen LogP contribution in [-0.4, -0.2) is 16.7 Å². The Morgan fingerprint density at radius 1 is 1.09 bits per heavy atom. The van der Waals surface area contributed by atoms with Gasteiger partial charge in [0.1, 0.15) is 5.75 Å². The van der Waals surface area contributed by atoms with Crippen molar-refractivity contribution < 1.29 is 4.74 Å². The first-order valence-corrected chi connectivity index (χ1v) is 7.58. The van der Waals surface area contributed by atoms with Crippen LogP contribution >= 0.6 is 0 Å². The largest absolute Gasteiger partial charge is 0.497 e. The summed E-state index contributed by atoms with van der Waals surface area (Å²) in [7, 11) is 1.71. The average molecular weight is 290 g/mol. The smallest absolute Gasteiger partial charge is 0.119 e. The van der Waals surface area contributed by atoms with Gasteiger partial charge in [0.2, 0.25) is 0 Å². The predicted octanol–water partition coefficient (Wildman–Crippen LogP) is 4.68. The van der Waals surface area contributed by atoms with Gasteiger partial charge < -0.3 is 9.30 Å². The molecule has 0 aliphatic carbocycles. The minimum Gasteiger partial charge on any atom is -0.497 e. The summed E-state index contributed by atoms with van der Waals surface area (Å²) in [4.78, 5) is 4.27. The maximum absolute atomic E-state index is 5.41. The molecule has 0 radical (unpaired) electrons. The zero-order chi connectivity index (χ0) is 15.3. The molecular weight excluding hydrogens is 272 g/mol. The number of aromatic nitrogens is 2. The van der Waals surface area contributed by atoms with Crippen molar-refractivity contribution in [3.8, 4) is 5.75 Å². The summed E-state index contributed by atoms with van der Waals surface area (Å²) >= 11 is 0. The van der Waals surface area contributed by atoms with Gasteiger partial charge in [-0.2, -0.15) is 0 Å². The third-order valence-corrected chi connectivity index (χ3v) is 4.54. The van der Waals surface area contributed by atoms with Gasteiger partial charge in [0.25, 0.3) is 0 Å². The van der Waals surface area contributed by atoms with Gasteiger partial charge in [-0.3, -0.25) is 4.98 Å². The number of methoxy groups -OCH3 is 1. The molecule has 110 valence electrons. The van der Waals surface area contributed by atoms with E-state index in [1.165, 1.54) is 38.1 Å². The van der Waals surface area contributed by atoms with E-state index < -0.39 is 0 Å². The fourth-order valence-electron chi connectivity index (χ4n) is 3.51. The maximum Gasteiger partial charge on any atom is 0.119 e. The van der Waals surface area contributed by atoms with E-state index in [0.717, 1.165) is 12.3 Å². The Balaban J connectivity index is 2.28. The highest BCUT2D eigenvalue weighted by Gasteiger charge is 2.14. The third kappa shape index (κ3) is 1.65. The monoisotopic (exact) mass is 290 g/mol. The van der Waals surface area contributed by atoms with E-state index in [9.17, 15) is 0 Å². The molecular formula is C19H18N2O. The fourth-order valence-corrected chi connectivity index (χ4v) is 3.51. The Morgan fingerprint density at radius 2 is 1.95 bits per heavy atom. The Labute approximate surface area is 129 Å². The van der Waals surface area contributed by atoms with Crippen LogP contribution in [0.2, 0.25) is 0 Å². The zero-order valence-electron chi connectivity index (χ0n) is 13.1. The van der Waals surface area contributed by atoms with Crippen LogP contribution in [-0.2, 0) is 6.54 Å². The first-order chi connectivity index (χ1) is 10.7. The van der Waals surface area contributed by atoms with Crippen molar-refractivity contribution in [2.45, 2.75) is 20.4 Å². The molecule has 2 heterocycles. The number of fused-ring (bicyclic) bond motifs is 4. The molecule has 3 nitrogen and oxygen atoms in total. The first kappa shape index (κ1) is 13.1. The number of hydrogen-bond acceptors (Lipinski definition) is 2. The molecule has 0 atom stereocenters. The molecule has 0 saturated heterocycles. The molecule has 0 aliphatic heterocycles. The van der Waals surface area contributed by atoms with Crippen molar-refractivity contribution in [2.75, 3.05) is 7.11 Å². The number of nitrogens with zero attached hydrogens (tertiary/aromatic N) is 2. The van der Waals surface area contributed by atoms with E-state index in [2.05, 4.69) is 47.7 Å². The fraction of sp³-hybridized carbons (Fsp3) is 0.211. The second kappa shape index (κ2) is 4.73. The molecule has 0 saturated carbocycles. The molecule has 2 aromatic heterocycles. The summed E-state index contributed by atoms with van der Waals surface area (Å²) in [5.74, 6) is 0.895. The Hall–Kier alpha value is -2.55. The number of rotatable bonds is 2. The Morgan fingerprint density at radius 3 is 2.73 bits per heavy atom. The van der Waals surface area contributed by atoms with Crippen LogP contribution in [0.3, 0.4) is 0 Å². The van der Waals surface area contributed by atoms with E-state index in [1.807, 2.05) is 18.5 Å². The maximum atomic E-state index is 5.41. The van der Waals surface area contributed by atoms with Gasteiger partial charge in [-0.05, 0) is 55.1 Å². The summed E-state index contributed by atoms with van der Waals surface area (Å²) in [5, 5.41) is 4.97. The van der Waals surface area contributed by atoms with Crippen LogP contribution in [0, 0.1) is 6.92 Å². The van der Waals surface area contributed by atoms with E-state index in [4.69, 9.17) is 4.74 Å². The lowest BCUT2D eigenvalue weighted by atomic mass is 10.0. The van der Waals surface area contributed by atoms with Crippen LogP contribution in [0.25, 0.3) is 32.6 Å². The third-order valence-electron chi connectivity index (χ3n) is 4.54. The summed E-state index contributed by atoms with van der Waals surface area (Å²) < 4.78 is 7.80. The molecule has 22 heavy (non-hydrogen) atoms. The van der Waals surface area contributed by atoms with Crippen LogP contribution in [0.15, 0.2) is 42.7 Å². The molecule has 0 aliphatic rings. The lowest BCUT2D eigenvalue weighted by molar-refractivity contribution is 0.415. The highest BCUT2D eigenvalue weighted by atomic mass is 16.5. The summed E-state index contributed by atoms with van der Waals surface area (Å²) in [6, 6.07) is 10.7. The minimum absolute atomic E-state index is 0.895. The van der Waals surface area contributed by atoms with Crippen LogP contribution in [0.5, 0.6) is 5.75 Å². The molecule has 0 bridgehead atoms. The highest BCUT2D eigenvalue weighted by molar-refractivity contribution is 6.14. The van der Waals surface area contributed by atoms with E-state index in [-0.39, 0.29) is 0 Å². The van der Waals surface area contributed by atoms with Gasteiger partial charge in [-0.25, -0.2) is 0 Å². The van der Waals surface area contributed by atoms with E-state index in [0.29, 0.717) is 0 Å². The molecule has 0 unspecified atom stereocenters. The van der Waals surface area contributed by atoms with Gasteiger partial charge >= 0.3 is 0 Å². The van der Waals surface area contributed by atoms with Crippen molar-refractivity contribution in [3.05, 3.63) is 48.3 Å². The van der Waals surface area contributed by atoms with E-state index >= 15 is 0 Å². The van der Waals surface area contributed by atoms with Crippen molar-refractivity contribution in [2.24, 2.45) is 0 Å². The quantitative estimate of drug-likeness (QED) is 0.536. The van der Waals surface area contributed by atoms with Crippen molar-refractivity contribution >= 4 is 32.6 Å². The summed E-state index contributed by atoms with van der Waals surface area (Å²) in [6.07, 6.45) is 3.81. The van der Waals surface area contributed by atoms with Crippen molar-refractivity contribution in [1.82, 2.24) is 9.55 Å². The molecule has 0 amide bonds. The van der Waals surface area contributed by atoms with Crippen molar-refractivity contribution in [1.29, 1.82) is 0 Å². The molecule has 4 aromatic rings. The molecule has 4 rings (SSSR count). The Bertz CT molecular complexity index is 1010. The summed E-state index contributed by atoms with van der Waals surface area (Å²) in [6.45, 7) is 5.34. The van der Waals surface area contributed by atoms with Crippen molar-refractivity contribution in [3.63, 3.8) is 0 Å². The number of hydrogen-bond donors (Lipinski definition) is 0. The standard InChI is InChI=1S/C19H18N2O/c1-4-21-18-6-5-14(22-3)10-16(18)17-9-13-11-20-8-7-15(13)12(2)19(17)21/h5-11H,4H2,1-3H3. The topological polar surface area (TPSA) is 27.1 Å². The summed E-state index contributed by atoms with van der Waals surface area (Å²) in [5.41, 5.74) is 3.88. The molecule has 0 fully saturated rings. The number of pyridine rings is 1. The highest BCUT2D eigenvalue weighted by Crippen LogP contribution is 2.36. The Kier molecular flexibility index (Phi) is 2.83. The predicted molar refractivity (Wildman–Crippen MR) is 91.7 cm³/mol. The zero-order valence-corrected chi connectivity index (χ0v) is 13.1. The molecule has 0 N–H and O–H groups in total. The molecule has 2 aromatic carbocycles. The van der Waals surface area contributed by atoms with Gasteiger partial charge in [0.05, 0.1) is 12.6 Å². The number of benzene rings is 2. The van der Waals surface area contributed by atoms with Gasteiger partial charge in [-0.1, -0.05) is 0 Å². The number of ether oxygens (including phenoxy) is 1. The van der Waals surface area contributed by atoms with Crippen LogP contribution in [0.1, 0.15) is 12.5 Å². The lowest BCUT2D eigenvalue weighted by Crippen LogP contribution is -1.95. The minimum atomic E-state index is 0.895. The normalized spacial score (nSPS) is 11.6. The number of aryl methyl sites for hydroxylation is 2. The van der Waals surface area contributed by atoms with Crippen LogP contribution < -0.4 is 4.74 Å². The SMILES string of the molecule is CCn1c2ccc(OC)cc2c2cc3cnccc3c(C)c21. The van der Waals surface area contributed by atoms with Gasteiger partial charge in [0, 0.05) is 40.6 Å². The molecule has 0 spiro atoms. The lowest BCUT2D eigenvalue weighted by Gasteiger charge is -2.08. The second-order valence-electron chi connectivity index (χ2n) is 5.62. The molecule has 3 heteroatoms. The van der Waals surface area contributed by atoms with Crippen LogP contribution in [0.4, 0.5) is 0 Å². The van der Waals surface area contributed by atoms with Gasteiger partial charge in [-0.15, -0.1) is 0 Å². The first-order valence-electron chi connectivity index (χ1n) is 7.58. The van der Waals surface area contributed by atoms with E-state index in [1.54, 1.807) is 7.11 Å². The van der Waals surface area contributed by atoms with Gasteiger partial charge in [0.15, 0.2) is 0 Å². The second-order valence-corrected chi connectivity index (χ2v) is 5.62. The average Bonchev–Trinajstić information content (AvgIpc) is 2.88.